The van der Waals surface area contributed by atoms with Crippen LogP contribution in [0.5, 0.6) is 34.5 Å². The lowest BCUT2D eigenvalue weighted by Gasteiger charge is -2.43. The fourth-order valence-electron chi connectivity index (χ4n) is 5.77. The molecule has 4 aromatic rings. The standard InChI is InChI=1S/C43H36O16/c44-29-11-1-25(2-12-29)7-17-37(50)56-35-23-43(42(54)55,59-40(53)20-8-26-3-13-30(45)14-4-26)24-36(57-38(51)18-9-27-5-15-31(46)33(48)21-27)41(35)58-39(52)19-10-28-6-16-32(47)34(49)22-28/h1-22,35-36,41,44-49H,23-24H2,(H,54,55)/b17-7+,18-9+,19-10+,20-8+/t35-,36-,41-,43+/m1/s1. The topological polar surface area (TPSA) is 264 Å². The molecule has 4 aromatic carbocycles. The van der Waals surface area contributed by atoms with Crippen LogP contribution in [-0.2, 0) is 42.9 Å². The SMILES string of the molecule is O=C(/C=C/c1ccc(O)c(O)c1)O[C@@H]1[C@H](OC(=O)/C=C/c2ccc(O)cc2)C[C@@](OC(=O)/C=C/c2ccc(O)cc2)(C(=O)O)C[C@H]1OC(=O)/C=C/c1ccc(O)c(O)c1. The van der Waals surface area contributed by atoms with Crippen molar-refractivity contribution in [1.29, 1.82) is 0 Å². The summed E-state index contributed by atoms with van der Waals surface area (Å²) in [6, 6.07) is 18.6. The molecule has 7 N–H and O–H groups in total. The Morgan fingerprint density at radius 1 is 0.475 bits per heavy atom. The predicted molar refractivity (Wildman–Crippen MR) is 207 cm³/mol. The van der Waals surface area contributed by atoms with Gasteiger partial charge in [0.1, 0.15) is 23.7 Å². The van der Waals surface area contributed by atoms with Crippen LogP contribution in [0.2, 0.25) is 0 Å². The number of ether oxygens (including phenoxy) is 4. The maximum Gasteiger partial charge on any atom is 0.348 e. The van der Waals surface area contributed by atoms with Gasteiger partial charge in [0.2, 0.25) is 5.60 Å². The summed E-state index contributed by atoms with van der Waals surface area (Å²) < 4.78 is 22.4. The third-order valence-electron chi connectivity index (χ3n) is 8.70. The second-order valence-corrected chi connectivity index (χ2v) is 13.0. The maximum absolute atomic E-state index is 13.3. The quantitative estimate of drug-likeness (QED) is 0.0407. The van der Waals surface area contributed by atoms with Crippen molar-refractivity contribution in [2.24, 2.45) is 0 Å². The summed E-state index contributed by atoms with van der Waals surface area (Å²) in [7, 11) is 0. The van der Waals surface area contributed by atoms with Gasteiger partial charge in [-0.1, -0.05) is 36.4 Å². The molecule has 304 valence electrons. The Bertz CT molecular complexity index is 2320. The molecule has 0 saturated heterocycles. The average molecular weight is 809 g/mol. The highest BCUT2D eigenvalue weighted by Gasteiger charge is 2.57. The minimum Gasteiger partial charge on any atom is -0.508 e. The number of aromatic hydroxyl groups is 6. The van der Waals surface area contributed by atoms with Gasteiger partial charge in [0.25, 0.3) is 0 Å². The number of carbonyl (C=O) groups is 5. The second kappa shape index (κ2) is 18.8. The summed E-state index contributed by atoms with van der Waals surface area (Å²) in [4.78, 5) is 66.1. The Morgan fingerprint density at radius 2 is 0.831 bits per heavy atom. The van der Waals surface area contributed by atoms with E-state index in [0.29, 0.717) is 11.1 Å². The zero-order valence-electron chi connectivity index (χ0n) is 30.7. The van der Waals surface area contributed by atoms with E-state index in [0.717, 1.165) is 48.6 Å². The highest BCUT2D eigenvalue weighted by molar-refractivity contribution is 5.92. The molecule has 16 heteroatoms. The number of aliphatic carboxylic acids is 1. The molecule has 1 fully saturated rings. The van der Waals surface area contributed by atoms with Gasteiger partial charge in [-0.15, -0.1) is 0 Å². The normalized spacial score (nSPS) is 19.2. The molecule has 59 heavy (non-hydrogen) atoms. The van der Waals surface area contributed by atoms with Crippen molar-refractivity contribution in [3.63, 3.8) is 0 Å². The van der Waals surface area contributed by atoms with Gasteiger partial charge in [-0.05, 0) is 95.1 Å². The zero-order chi connectivity index (χ0) is 42.7. The van der Waals surface area contributed by atoms with E-state index in [1.54, 1.807) is 0 Å². The molecule has 0 heterocycles. The maximum atomic E-state index is 13.3. The summed E-state index contributed by atoms with van der Waals surface area (Å²) >= 11 is 0. The van der Waals surface area contributed by atoms with Gasteiger partial charge < -0.3 is 54.7 Å². The molecule has 16 nitrogen and oxygen atoms in total. The number of hydrogen-bond donors (Lipinski definition) is 7. The molecular weight excluding hydrogens is 772 g/mol. The average Bonchev–Trinajstić information content (AvgIpc) is 3.19. The number of rotatable bonds is 13. The molecule has 1 aliphatic carbocycles. The first kappa shape index (κ1) is 42.1. The third kappa shape index (κ3) is 11.7. The Hall–Kier alpha value is -8.01. The smallest absolute Gasteiger partial charge is 0.348 e. The van der Waals surface area contributed by atoms with E-state index < -0.39 is 89.6 Å². The van der Waals surface area contributed by atoms with Crippen LogP contribution in [0.25, 0.3) is 24.3 Å². The molecule has 1 saturated carbocycles. The Labute approximate surface area is 335 Å². The van der Waals surface area contributed by atoms with Crippen molar-refractivity contribution in [3.8, 4) is 34.5 Å². The lowest BCUT2D eigenvalue weighted by molar-refractivity contribution is -0.217. The van der Waals surface area contributed by atoms with Crippen LogP contribution in [0.4, 0.5) is 0 Å². The number of benzene rings is 4. The molecular formula is C43H36O16. The van der Waals surface area contributed by atoms with Crippen molar-refractivity contribution >= 4 is 54.2 Å². The predicted octanol–water partition coefficient (Wildman–Crippen LogP) is 4.97. The van der Waals surface area contributed by atoms with Gasteiger partial charge in [0.05, 0.1) is 0 Å². The van der Waals surface area contributed by atoms with Crippen LogP contribution in [0.3, 0.4) is 0 Å². The first-order chi connectivity index (χ1) is 28.1. The monoisotopic (exact) mass is 808 g/mol. The number of hydrogen-bond acceptors (Lipinski definition) is 15. The van der Waals surface area contributed by atoms with Gasteiger partial charge in [-0.3, -0.25) is 0 Å². The van der Waals surface area contributed by atoms with Gasteiger partial charge in [-0.25, -0.2) is 24.0 Å². The first-order valence-corrected chi connectivity index (χ1v) is 17.5. The molecule has 4 atom stereocenters. The lowest BCUT2D eigenvalue weighted by Crippen LogP contribution is -2.60. The molecule has 1 aliphatic rings. The molecule has 0 radical (unpaired) electrons. The van der Waals surface area contributed by atoms with Crippen molar-refractivity contribution in [2.75, 3.05) is 0 Å². The Morgan fingerprint density at radius 3 is 1.22 bits per heavy atom. The number of carbonyl (C=O) groups excluding carboxylic acids is 4. The Kier molecular flexibility index (Phi) is 13.4. The summed E-state index contributed by atoms with van der Waals surface area (Å²) in [6.07, 6.45) is 1.70. The third-order valence-corrected chi connectivity index (χ3v) is 8.70. The fraction of sp³-hybridized carbons (Fsp3) is 0.140. The van der Waals surface area contributed by atoms with E-state index in [1.165, 1.54) is 85.0 Å². The molecule has 0 bridgehead atoms. The second-order valence-electron chi connectivity index (χ2n) is 13.0. The van der Waals surface area contributed by atoms with Crippen LogP contribution in [0, 0.1) is 0 Å². The van der Waals surface area contributed by atoms with Crippen molar-refractivity contribution in [3.05, 3.63) is 131 Å². The highest BCUT2D eigenvalue weighted by Crippen LogP contribution is 2.38. The summed E-state index contributed by atoms with van der Waals surface area (Å²) in [5.41, 5.74) is -1.21. The number of carboxylic acids is 1. The van der Waals surface area contributed by atoms with E-state index in [9.17, 15) is 59.7 Å². The van der Waals surface area contributed by atoms with E-state index in [2.05, 4.69) is 0 Å². The summed E-state index contributed by atoms with van der Waals surface area (Å²) in [5.74, 6) is -8.17. The van der Waals surface area contributed by atoms with Gasteiger partial charge in [-0.2, -0.15) is 0 Å². The van der Waals surface area contributed by atoms with Crippen LogP contribution in [0.1, 0.15) is 35.1 Å². The van der Waals surface area contributed by atoms with E-state index in [-0.39, 0.29) is 22.6 Å². The van der Waals surface area contributed by atoms with Crippen molar-refractivity contribution in [2.45, 2.75) is 36.8 Å². The number of carboxylic acid groups (broad SMARTS) is 1. The molecule has 0 unspecified atom stereocenters. The molecule has 0 aliphatic heterocycles. The highest BCUT2D eigenvalue weighted by atomic mass is 16.6. The molecule has 0 spiro atoms. The van der Waals surface area contributed by atoms with Gasteiger partial charge in [0, 0.05) is 37.1 Å². The Balaban J connectivity index is 1.50. The zero-order valence-corrected chi connectivity index (χ0v) is 30.7. The summed E-state index contributed by atoms with van der Waals surface area (Å²) in [5, 5.41) is 68.7. The molecule has 5 rings (SSSR count). The van der Waals surface area contributed by atoms with Crippen LogP contribution in [0.15, 0.2) is 109 Å². The van der Waals surface area contributed by atoms with Crippen molar-refractivity contribution in [1.82, 2.24) is 0 Å². The largest absolute Gasteiger partial charge is 0.508 e. The fourth-order valence-corrected chi connectivity index (χ4v) is 5.77. The minimum atomic E-state index is -2.57. The van der Waals surface area contributed by atoms with Crippen LogP contribution in [-0.4, -0.2) is 89.5 Å². The molecule has 0 amide bonds. The first-order valence-electron chi connectivity index (χ1n) is 17.5. The van der Waals surface area contributed by atoms with E-state index in [4.69, 9.17) is 18.9 Å². The number of phenolic OH excluding ortho intramolecular Hbond substituents is 6. The lowest BCUT2D eigenvalue weighted by atomic mass is 9.79. The van der Waals surface area contributed by atoms with Gasteiger partial charge in [0.15, 0.2) is 29.1 Å². The van der Waals surface area contributed by atoms with E-state index in [1.807, 2.05) is 0 Å². The summed E-state index contributed by atoms with van der Waals surface area (Å²) in [6.45, 7) is 0. The van der Waals surface area contributed by atoms with E-state index >= 15 is 0 Å². The van der Waals surface area contributed by atoms with Crippen LogP contribution < -0.4 is 0 Å². The van der Waals surface area contributed by atoms with Gasteiger partial charge >= 0.3 is 29.8 Å². The molecule has 0 aromatic heterocycles. The van der Waals surface area contributed by atoms with Crippen molar-refractivity contribution < 1.29 is 78.7 Å². The van der Waals surface area contributed by atoms with Crippen LogP contribution >= 0.6 is 0 Å². The number of esters is 4. The number of phenols is 6. The minimum absolute atomic E-state index is 0.0398.